The molecule has 0 fully saturated rings. The maximum atomic E-state index is 13.4. The average molecular weight is 419 g/mol. The molecule has 0 aromatic heterocycles. The lowest BCUT2D eigenvalue weighted by atomic mass is 10.0. The van der Waals surface area contributed by atoms with Crippen LogP contribution in [0.5, 0.6) is 5.75 Å². The lowest BCUT2D eigenvalue weighted by Crippen LogP contribution is -2.32. The lowest BCUT2D eigenvalue weighted by Gasteiger charge is -2.16. The van der Waals surface area contributed by atoms with Gasteiger partial charge in [0, 0.05) is 5.02 Å². The number of nitrogens with zero attached hydrogens (tertiary/aromatic N) is 1. The van der Waals surface area contributed by atoms with E-state index < -0.39 is 11.8 Å². The molecule has 4 rings (SSSR count). The summed E-state index contributed by atoms with van der Waals surface area (Å²) in [7, 11) is 1.55. The molecule has 2 amide bonds. The predicted molar refractivity (Wildman–Crippen MR) is 119 cm³/mol. The maximum absolute atomic E-state index is 13.4. The molecule has 1 aliphatic heterocycles. The first-order chi connectivity index (χ1) is 14.5. The van der Waals surface area contributed by atoms with Gasteiger partial charge in [0.2, 0.25) is 0 Å². The molecule has 1 N–H and O–H groups in total. The molecule has 1 heterocycles. The Labute approximate surface area is 179 Å². The van der Waals surface area contributed by atoms with Crippen LogP contribution in [-0.4, -0.2) is 18.9 Å². The summed E-state index contributed by atoms with van der Waals surface area (Å²) in [6.45, 7) is 1.86. The third-order valence-corrected chi connectivity index (χ3v) is 5.33. The minimum atomic E-state index is -0.454. The number of methoxy groups -OCH3 is 1. The van der Waals surface area contributed by atoms with Crippen molar-refractivity contribution in [2.75, 3.05) is 17.3 Å². The summed E-state index contributed by atoms with van der Waals surface area (Å²) >= 11 is 6.25. The van der Waals surface area contributed by atoms with Gasteiger partial charge in [-0.25, -0.2) is 4.90 Å². The minimum Gasteiger partial charge on any atom is -0.495 e. The molecule has 30 heavy (non-hydrogen) atoms. The van der Waals surface area contributed by atoms with Crippen molar-refractivity contribution in [3.8, 4) is 5.75 Å². The van der Waals surface area contributed by atoms with Crippen LogP contribution < -0.4 is 15.0 Å². The van der Waals surface area contributed by atoms with Crippen LogP contribution in [0.2, 0.25) is 5.02 Å². The average Bonchev–Trinajstić information content (AvgIpc) is 3.00. The van der Waals surface area contributed by atoms with Gasteiger partial charge in [-0.2, -0.15) is 0 Å². The first-order valence-corrected chi connectivity index (χ1v) is 9.73. The van der Waals surface area contributed by atoms with E-state index in [1.165, 1.54) is 0 Å². The number of hydrogen-bond donors (Lipinski definition) is 1. The van der Waals surface area contributed by atoms with E-state index in [0.29, 0.717) is 33.3 Å². The van der Waals surface area contributed by atoms with E-state index in [1.807, 2.05) is 37.3 Å². The molecule has 0 saturated carbocycles. The second-order valence-electron chi connectivity index (χ2n) is 6.82. The smallest absolute Gasteiger partial charge is 0.282 e. The fourth-order valence-electron chi connectivity index (χ4n) is 3.36. The van der Waals surface area contributed by atoms with Crippen LogP contribution in [-0.2, 0) is 9.59 Å². The van der Waals surface area contributed by atoms with Crippen molar-refractivity contribution in [1.82, 2.24) is 0 Å². The van der Waals surface area contributed by atoms with E-state index in [1.54, 1.807) is 49.6 Å². The summed E-state index contributed by atoms with van der Waals surface area (Å²) in [5, 5.41) is 3.61. The summed E-state index contributed by atoms with van der Waals surface area (Å²) in [5.41, 5.74) is 3.01. The maximum Gasteiger partial charge on any atom is 0.282 e. The number of carbonyl (C=O) groups is 2. The number of hydrogen-bond acceptors (Lipinski definition) is 4. The van der Waals surface area contributed by atoms with E-state index in [0.717, 1.165) is 10.5 Å². The minimum absolute atomic E-state index is 0.187. The number of amides is 2. The van der Waals surface area contributed by atoms with E-state index in [2.05, 4.69) is 5.32 Å². The van der Waals surface area contributed by atoms with Gasteiger partial charge < -0.3 is 10.1 Å². The Hall–Kier alpha value is -3.57. The molecule has 0 spiro atoms. The first-order valence-electron chi connectivity index (χ1n) is 9.36. The largest absolute Gasteiger partial charge is 0.495 e. The fraction of sp³-hybridized carbons (Fsp3) is 0.0833. The monoisotopic (exact) mass is 418 g/mol. The molecular formula is C24H19ClN2O3. The van der Waals surface area contributed by atoms with Gasteiger partial charge in [-0.05, 0) is 42.3 Å². The highest BCUT2D eigenvalue weighted by Gasteiger charge is 2.40. The summed E-state index contributed by atoms with van der Waals surface area (Å²) in [6.07, 6.45) is 0. The Morgan fingerprint density at radius 3 is 2.30 bits per heavy atom. The van der Waals surface area contributed by atoms with E-state index >= 15 is 0 Å². The van der Waals surface area contributed by atoms with Crippen molar-refractivity contribution in [3.63, 3.8) is 0 Å². The number of ether oxygens (including phenoxy) is 1. The van der Waals surface area contributed by atoms with Gasteiger partial charge in [0.1, 0.15) is 11.4 Å². The van der Waals surface area contributed by atoms with Crippen LogP contribution in [0.4, 0.5) is 11.4 Å². The normalized spacial score (nSPS) is 13.8. The van der Waals surface area contributed by atoms with Gasteiger partial charge in [-0.3, -0.25) is 9.59 Å². The Balaban J connectivity index is 1.84. The molecule has 0 atom stereocenters. The van der Waals surface area contributed by atoms with E-state index in [-0.39, 0.29) is 5.70 Å². The number of aryl methyl sites for hydroxylation is 1. The first kappa shape index (κ1) is 19.7. The Morgan fingerprint density at radius 1 is 0.900 bits per heavy atom. The molecular weight excluding hydrogens is 400 g/mol. The predicted octanol–water partition coefficient (Wildman–Crippen LogP) is 5.05. The number of halogens is 1. The van der Waals surface area contributed by atoms with Crippen LogP contribution >= 0.6 is 11.6 Å². The van der Waals surface area contributed by atoms with E-state index in [9.17, 15) is 9.59 Å². The third-order valence-electron chi connectivity index (χ3n) is 4.93. The third kappa shape index (κ3) is 3.44. The highest BCUT2D eigenvalue weighted by Crippen LogP contribution is 2.36. The standard InChI is InChI=1S/C24H19ClN2O3/c1-15-12-13-17(14-18(15)25)27-23(28)21(16-8-4-3-5-9-16)22(24(27)29)26-19-10-6-7-11-20(19)30-2/h3-14,26H,1-2H3. The van der Waals surface area contributed by atoms with Gasteiger partial charge in [0.15, 0.2) is 0 Å². The topological polar surface area (TPSA) is 58.6 Å². The molecule has 3 aromatic rings. The van der Waals surface area contributed by atoms with Gasteiger partial charge in [-0.15, -0.1) is 0 Å². The molecule has 0 aliphatic carbocycles. The van der Waals surface area contributed by atoms with Gasteiger partial charge in [0.05, 0.1) is 24.1 Å². The lowest BCUT2D eigenvalue weighted by molar-refractivity contribution is -0.120. The summed E-state index contributed by atoms with van der Waals surface area (Å²) < 4.78 is 5.39. The Kier molecular flexibility index (Phi) is 5.29. The fourth-order valence-corrected chi connectivity index (χ4v) is 3.53. The van der Waals surface area contributed by atoms with E-state index in [4.69, 9.17) is 16.3 Å². The van der Waals surface area contributed by atoms with Crippen molar-refractivity contribution in [1.29, 1.82) is 0 Å². The molecule has 0 bridgehead atoms. The van der Waals surface area contributed by atoms with Crippen molar-refractivity contribution in [3.05, 3.63) is 94.6 Å². The zero-order valence-electron chi connectivity index (χ0n) is 16.5. The van der Waals surface area contributed by atoms with Crippen LogP contribution in [0.25, 0.3) is 5.57 Å². The SMILES string of the molecule is COc1ccccc1NC1=C(c2ccccc2)C(=O)N(c2ccc(C)c(Cl)c2)C1=O. The summed E-state index contributed by atoms with van der Waals surface area (Å²) in [6, 6.07) is 21.5. The van der Waals surface area contributed by atoms with Gasteiger partial charge in [-0.1, -0.05) is 60.1 Å². The van der Waals surface area contributed by atoms with Gasteiger partial charge >= 0.3 is 0 Å². The second kappa shape index (κ2) is 8.05. The molecule has 1 aliphatic rings. The molecule has 3 aromatic carbocycles. The molecule has 6 heteroatoms. The number of para-hydroxylation sites is 2. The molecule has 0 saturated heterocycles. The second-order valence-corrected chi connectivity index (χ2v) is 7.23. The van der Waals surface area contributed by atoms with Crippen LogP contribution in [0, 0.1) is 6.92 Å². The Morgan fingerprint density at radius 2 is 1.60 bits per heavy atom. The Bertz CT molecular complexity index is 1170. The number of imide groups is 1. The zero-order chi connectivity index (χ0) is 21.3. The quantitative estimate of drug-likeness (QED) is 0.589. The molecule has 150 valence electrons. The van der Waals surface area contributed by atoms with Crippen molar-refractivity contribution in [2.45, 2.75) is 6.92 Å². The van der Waals surface area contributed by atoms with Gasteiger partial charge in [0.25, 0.3) is 11.8 Å². The summed E-state index contributed by atoms with van der Waals surface area (Å²) in [4.78, 5) is 27.9. The zero-order valence-corrected chi connectivity index (χ0v) is 17.2. The van der Waals surface area contributed by atoms with Crippen LogP contribution in [0.3, 0.4) is 0 Å². The molecule has 0 radical (unpaired) electrons. The highest BCUT2D eigenvalue weighted by molar-refractivity contribution is 6.46. The highest BCUT2D eigenvalue weighted by atomic mass is 35.5. The number of anilines is 2. The summed E-state index contributed by atoms with van der Waals surface area (Å²) in [5.74, 6) is -0.303. The van der Waals surface area contributed by atoms with Crippen LogP contribution in [0.1, 0.15) is 11.1 Å². The number of carbonyl (C=O) groups excluding carboxylic acids is 2. The van der Waals surface area contributed by atoms with Crippen molar-refractivity contribution < 1.29 is 14.3 Å². The number of nitrogens with one attached hydrogen (secondary N) is 1. The number of benzene rings is 3. The molecule has 0 unspecified atom stereocenters. The molecule has 5 nitrogen and oxygen atoms in total. The van der Waals surface area contributed by atoms with Crippen LogP contribution in [0.15, 0.2) is 78.5 Å². The number of rotatable bonds is 5. The van der Waals surface area contributed by atoms with Crippen molar-refractivity contribution >= 4 is 40.4 Å². The van der Waals surface area contributed by atoms with Crippen molar-refractivity contribution in [2.24, 2.45) is 0 Å².